The molecule has 1 aliphatic heterocycles. The third kappa shape index (κ3) is 0.878. The van der Waals surface area contributed by atoms with Crippen LogP contribution in [0.2, 0.25) is 0 Å². The van der Waals surface area contributed by atoms with Gasteiger partial charge in [0.1, 0.15) is 0 Å². The molecule has 0 bridgehead atoms. The van der Waals surface area contributed by atoms with Crippen molar-refractivity contribution < 1.29 is 0 Å². The second-order valence-corrected chi connectivity index (χ2v) is 2.64. The van der Waals surface area contributed by atoms with Crippen LogP contribution in [0.4, 0.5) is 0 Å². The zero-order valence-corrected chi connectivity index (χ0v) is 5.93. The molecule has 2 rings (SSSR count). The first-order valence-corrected chi connectivity index (χ1v) is 3.78. The second-order valence-electron chi connectivity index (χ2n) is 2.64. The molecule has 0 unspecified atom stereocenters. The highest BCUT2D eigenvalue weighted by atomic mass is 14.9. The van der Waals surface area contributed by atoms with Crippen molar-refractivity contribution in [2.45, 2.75) is 12.8 Å². The summed E-state index contributed by atoms with van der Waals surface area (Å²) in [7, 11) is 0. The highest BCUT2D eigenvalue weighted by molar-refractivity contribution is 5.43. The van der Waals surface area contributed by atoms with E-state index < -0.39 is 0 Å². The highest BCUT2D eigenvalue weighted by Gasteiger charge is 2.06. The monoisotopic (exact) mass is 133 g/mol. The largest absolute Gasteiger partial charge is 0.381 e. The van der Waals surface area contributed by atoms with E-state index >= 15 is 0 Å². The Morgan fingerprint density at radius 1 is 1.20 bits per heavy atom. The molecule has 0 saturated carbocycles. The fourth-order valence-corrected chi connectivity index (χ4v) is 1.38. The van der Waals surface area contributed by atoms with Crippen molar-refractivity contribution in [1.29, 1.82) is 0 Å². The minimum atomic E-state index is 0.989. The SMILES string of the molecule is C1=CC2=CCCC=C2NC1. The lowest BCUT2D eigenvalue weighted by atomic mass is 10.0. The van der Waals surface area contributed by atoms with Crippen molar-refractivity contribution in [3.8, 4) is 0 Å². The average molecular weight is 133 g/mol. The summed E-state index contributed by atoms with van der Waals surface area (Å²) in [5.41, 5.74) is 2.70. The van der Waals surface area contributed by atoms with Gasteiger partial charge in [-0.2, -0.15) is 0 Å². The second kappa shape index (κ2) is 2.33. The molecule has 1 N–H and O–H groups in total. The number of nitrogens with one attached hydrogen (secondary N) is 1. The fraction of sp³-hybridized carbons (Fsp3) is 0.333. The van der Waals surface area contributed by atoms with Crippen LogP contribution >= 0.6 is 0 Å². The number of hydrogen-bond acceptors (Lipinski definition) is 1. The number of fused-ring (bicyclic) bond motifs is 1. The lowest BCUT2D eigenvalue weighted by Crippen LogP contribution is -2.19. The van der Waals surface area contributed by atoms with Crippen LogP contribution in [0, 0.1) is 0 Å². The molecule has 1 nitrogen and oxygen atoms in total. The van der Waals surface area contributed by atoms with E-state index in [2.05, 4.69) is 29.6 Å². The maximum absolute atomic E-state index is 3.33. The molecule has 0 radical (unpaired) electrons. The number of rotatable bonds is 0. The Labute approximate surface area is 61.1 Å². The van der Waals surface area contributed by atoms with Crippen molar-refractivity contribution in [2.75, 3.05) is 6.54 Å². The number of hydrogen-bond donors (Lipinski definition) is 1. The maximum Gasteiger partial charge on any atom is 0.0372 e. The summed E-state index contributed by atoms with van der Waals surface area (Å²) in [6.45, 7) is 0.989. The number of allylic oxidation sites excluding steroid dienone is 3. The van der Waals surface area contributed by atoms with Crippen LogP contribution in [-0.2, 0) is 0 Å². The molecule has 2 aliphatic rings. The van der Waals surface area contributed by atoms with Gasteiger partial charge in [-0.25, -0.2) is 0 Å². The van der Waals surface area contributed by atoms with Crippen molar-refractivity contribution in [3.05, 3.63) is 35.6 Å². The lowest BCUT2D eigenvalue weighted by Gasteiger charge is -2.18. The average Bonchev–Trinajstić information content (AvgIpc) is 2.05. The molecular formula is C9H11N. The van der Waals surface area contributed by atoms with E-state index in [1.165, 1.54) is 24.1 Å². The van der Waals surface area contributed by atoms with E-state index in [0.29, 0.717) is 0 Å². The van der Waals surface area contributed by atoms with E-state index in [4.69, 9.17) is 0 Å². The van der Waals surface area contributed by atoms with E-state index in [0.717, 1.165) is 6.54 Å². The molecule has 0 saturated heterocycles. The third-order valence-electron chi connectivity index (χ3n) is 1.90. The van der Waals surface area contributed by atoms with E-state index in [-0.39, 0.29) is 0 Å². The van der Waals surface area contributed by atoms with Crippen molar-refractivity contribution in [2.24, 2.45) is 0 Å². The van der Waals surface area contributed by atoms with Gasteiger partial charge in [0.15, 0.2) is 0 Å². The van der Waals surface area contributed by atoms with Crippen molar-refractivity contribution >= 4 is 0 Å². The molecule has 0 amide bonds. The van der Waals surface area contributed by atoms with E-state index in [1.807, 2.05) is 0 Å². The third-order valence-corrected chi connectivity index (χ3v) is 1.90. The van der Waals surface area contributed by atoms with Gasteiger partial charge in [-0.05, 0) is 18.4 Å². The Balaban J connectivity index is 2.33. The summed E-state index contributed by atoms with van der Waals surface area (Å²) in [4.78, 5) is 0. The summed E-state index contributed by atoms with van der Waals surface area (Å²) >= 11 is 0. The van der Waals surface area contributed by atoms with Gasteiger partial charge in [0.2, 0.25) is 0 Å². The molecule has 0 fully saturated rings. The molecule has 1 heterocycles. The first kappa shape index (κ1) is 5.78. The Morgan fingerprint density at radius 3 is 3.00 bits per heavy atom. The minimum Gasteiger partial charge on any atom is -0.381 e. The van der Waals surface area contributed by atoms with Gasteiger partial charge in [0.25, 0.3) is 0 Å². The van der Waals surface area contributed by atoms with Crippen molar-refractivity contribution in [1.82, 2.24) is 5.32 Å². The first-order valence-electron chi connectivity index (χ1n) is 3.78. The molecule has 10 heavy (non-hydrogen) atoms. The zero-order chi connectivity index (χ0) is 6.81. The summed E-state index contributed by atoms with van der Waals surface area (Å²) in [6, 6.07) is 0. The Bertz CT molecular complexity index is 221. The lowest BCUT2D eigenvalue weighted by molar-refractivity contribution is 0.855. The van der Waals surface area contributed by atoms with Gasteiger partial charge in [0.05, 0.1) is 0 Å². The van der Waals surface area contributed by atoms with Gasteiger partial charge in [-0.1, -0.05) is 24.3 Å². The van der Waals surface area contributed by atoms with Crippen LogP contribution in [0.5, 0.6) is 0 Å². The van der Waals surface area contributed by atoms with Crippen molar-refractivity contribution in [3.63, 3.8) is 0 Å². The zero-order valence-electron chi connectivity index (χ0n) is 5.93. The van der Waals surface area contributed by atoms with Gasteiger partial charge in [-0.15, -0.1) is 0 Å². The van der Waals surface area contributed by atoms with Crippen LogP contribution in [0.25, 0.3) is 0 Å². The van der Waals surface area contributed by atoms with Crippen LogP contribution in [0.3, 0.4) is 0 Å². The topological polar surface area (TPSA) is 12.0 Å². The summed E-state index contributed by atoms with van der Waals surface area (Å²) in [5, 5.41) is 3.33. The van der Waals surface area contributed by atoms with Crippen LogP contribution in [0.1, 0.15) is 12.8 Å². The van der Waals surface area contributed by atoms with Gasteiger partial charge in [-0.3, -0.25) is 0 Å². The quantitative estimate of drug-likeness (QED) is 0.531. The first-order chi connectivity index (χ1) is 4.97. The standard InChI is InChI=1S/C9H11N/c1-2-6-9-8(4-1)5-3-7-10-9/h3-6,10H,1-2,7H2. The van der Waals surface area contributed by atoms with Crippen LogP contribution < -0.4 is 5.32 Å². The predicted molar refractivity (Wildman–Crippen MR) is 42.5 cm³/mol. The summed E-state index contributed by atoms with van der Waals surface area (Å²) < 4.78 is 0. The molecule has 52 valence electrons. The highest BCUT2D eigenvalue weighted by Crippen LogP contribution is 2.19. The fourth-order valence-electron chi connectivity index (χ4n) is 1.38. The summed E-state index contributed by atoms with van der Waals surface area (Å²) in [5.74, 6) is 0. The normalized spacial score (nSPS) is 22.4. The van der Waals surface area contributed by atoms with Gasteiger partial charge < -0.3 is 5.32 Å². The predicted octanol–water partition coefficient (Wildman–Crippen LogP) is 1.75. The Hall–Kier alpha value is -0.980. The minimum absolute atomic E-state index is 0.989. The Kier molecular flexibility index (Phi) is 1.35. The molecule has 0 aromatic carbocycles. The maximum atomic E-state index is 3.33. The molecule has 1 heteroatoms. The summed E-state index contributed by atoms with van der Waals surface area (Å²) in [6.07, 6.45) is 11.3. The molecular weight excluding hydrogens is 122 g/mol. The van der Waals surface area contributed by atoms with E-state index in [9.17, 15) is 0 Å². The van der Waals surface area contributed by atoms with Gasteiger partial charge >= 0.3 is 0 Å². The smallest absolute Gasteiger partial charge is 0.0372 e. The van der Waals surface area contributed by atoms with Crippen LogP contribution in [0.15, 0.2) is 35.6 Å². The van der Waals surface area contributed by atoms with Crippen LogP contribution in [-0.4, -0.2) is 6.54 Å². The molecule has 0 aromatic rings. The van der Waals surface area contributed by atoms with Gasteiger partial charge in [0, 0.05) is 12.2 Å². The van der Waals surface area contributed by atoms with E-state index in [1.54, 1.807) is 0 Å². The molecule has 0 spiro atoms. The molecule has 1 aliphatic carbocycles. The molecule has 0 atom stereocenters. The Morgan fingerprint density at radius 2 is 2.10 bits per heavy atom. The molecule has 0 aromatic heterocycles.